The predicted octanol–water partition coefficient (Wildman–Crippen LogP) is 3.41. The molecule has 6 heteroatoms. The first-order valence-corrected chi connectivity index (χ1v) is 9.42. The average Bonchev–Trinajstić information content (AvgIpc) is 2.66. The van der Waals surface area contributed by atoms with Gasteiger partial charge in [0, 0.05) is 32.0 Å². The van der Waals surface area contributed by atoms with Gasteiger partial charge in [-0.15, -0.1) is 0 Å². The van der Waals surface area contributed by atoms with E-state index in [-0.39, 0.29) is 11.5 Å². The first-order valence-electron chi connectivity index (χ1n) is 8.44. The Hall–Kier alpha value is -2.60. The number of nitrogens with zero attached hydrogens (tertiary/aromatic N) is 3. The third-order valence-corrected chi connectivity index (χ3v) is 5.17. The highest BCUT2D eigenvalue weighted by Crippen LogP contribution is 2.22. The number of fused-ring (bicyclic) bond motifs is 1. The number of carbonyl (C=O) groups is 1. The van der Waals surface area contributed by atoms with Crippen LogP contribution in [0.4, 0.5) is 0 Å². The second kappa shape index (κ2) is 7.74. The topological polar surface area (TPSA) is 55.2 Å². The summed E-state index contributed by atoms with van der Waals surface area (Å²) < 4.78 is 1.71. The van der Waals surface area contributed by atoms with Crippen LogP contribution in [-0.4, -0.2) is 34.5 Å². The van der Waals surface area contributed by atoms with E-state index >= 15 is 0 Å². The number of hydrogen-bond acceptors (Lipinski definition) is 4. The number of thioether (sulfide) groups is 1. The van der Waals surface area contributed by atoms with Gasteiger partial charge in [0.25, 0.3) is 11.5 Å². The van der Waals surface area contributed by atoms with Crippen molar-refractivity contribution in [1.29, 1.82) is 0 Å². The molecule has 1 heterocycles. The summed E-state index contributed by atoms with van der Waals surface area (Å²) in [6.45, 7) is 2.53. The molecule has 0 unspecified atom stereocenters. The maximum atomic E-state index is 12.6. The highest BCUT2D eigenvalue weighted by molar-refractivity contribution is 7.98. The molecular formula is C20H21N3O2S. The van der Waals surface area contributed by atoms with E-state index < -0.39 is 0 Å². The van der Waals surface area contributed by atoms with Crippen LogP contribution in [-0.2, 0) is 12.3 Å². The summed E-state index contributed by atoms with van der Waals surface area (Å²) >= 11 is 1.53. The molecule has 0 bridgehead atoms. The zero-order valence-corrected chi connectivity index (χ0v) is 15.9. The Labute approximate surface area is 156 Å². The molecule has 134 valence electrons. The first-order chi connectivity index (χ1) is 12.5. The molecule has 0 radical (unpaired) electrons. The van der Waals surface area contributed by atoms with Crippen molar-refractivity contribution in [1.82, 2.24) is 14.5 Å². The quantitative estimate of drug-likeness (QED) is 0.512. The normalized spacial score (nSPS) is 10.9. The molecule has 26 heavy (non-hydrogen) atoms. The van der Waals surface area contributed by atoms with Gasteiger partial charge in [0.05, 0.1) is 10.9 Å². The van der Waals surface area contributed by atoms with E-state index in [1.54, 1.807) is 23.6 Å². The maximum absolute atomic E-state index is 12.6. The van der Waals surface area contributed by atoms with Gasteiger partial charge in [-0.3, -0.25) is 14.2 Å². The van der Waals surface area contributed by atoms with Crippen molar-refractivity contribution < 1.29 is 4.79 Å². The van der Waals surface area contributed by atoms with E-state index in [9.17, 15) is 9.59 Å². The molecule has 0 saturated carbocycles. The van der Waals surface area contributed by atoms with Gasteiger partial charge in [-0.2, -0.15) is 0 Å². The number of aromatic nitrogens is 2. The van der Waals surface area contributed by atoms with Gasteiger partial charge in [0.2, 0.25) is 0 Å². The molecule has 0 aliphatic rings. The second-order valence-electron chi connectivity index (χ2n) is 6.15. The average molecular weight is 367 g/mol. The summed E-state index contributed by atoms with van der Waals surface area (Å²) in [5.74, 6) is 0.668. The summed E-state index contributed by atoms with van der Waals surface area (Å²) in [6.07, 6.45) is 0. The minimum absolute atomic E-state index is 0.00692. The molecule has 5 nitrogen and oxygen atoms in total. The highest BCUT2D eigenvalue weighted by atomic mass is 32.2. The predicted molar refractivity (Wildman–Crippen MR) is 106 cm³/mol. The van der Waals surface area contributed by atoms with Gasteiger partial charge in [0.1, 0.15) is 0 Å². The number of hydrogen-bond donors (Lipinski definition) is 0. The van der Waals surface area contributed by atoms with Crippen LogP contribution in [0.15, 0.2) is 58.5 Å². The Bertz CT molecular complexity index is 994. The lowest BCUT2D eigenvalue weighted by Crippen LogP contribution is -2.22. The fourth-order valence-corrected chi connectivity index (χ4v) is 3.71. The minimum atomic E-state index is -0.0137. The van der Waals surface area contributed by atoms with E-state index in [2.05, 4.69) is 4.98 Å². The van der Waals surface area contributed by atoms with Crippen molar-refractivity contribution in [2.24, 2.45) is 0 Å². The summed E-state index contributed by atoms with van der Waals surface area (Å²) in [4.78, 5) is 30.8. The maximum Gasteiger partial charge on any atom is 0.262 e. The Balaban J connectivity index is 1.83. The third kappa shape index (κ3) is 3.65. The summed E-state index contributed by atoms with van der Waals surface area (Å²) in [6, 6.07) is 15.0. The van der Waals surface area contributed by atoms with E-state index in [4.69, 9.17) is 0 Å². The molecule has 3 aromatic rings. The molecule has 2 aromatic carbocycles. The second-order valence-corrected chi connectivity index (χ2v) is 7.09. The Morgan fingerprint density at radius 1 is 1.12 bits per heavy atom. The molecule has 1 amide bonds. The van der Waals surface area contributed by atoms with Crippen molar-refractivity contribution in [2.45, 2.75) is 24.4 Å². The minimum Gasteiger partial charge on any atom is -0.345 e. The van der Waals surface area contributed by atoms with Crippen molar-refractivity contribution in [3.05, 3.63) is 70.0 Å². The molecule has 3 rings (SSSR count). The van der Waals surface area contributed by atoms with E-state index in [0.29, 0.717) is 28.4 Å². The van der Waals surface area contributed by atoms with Crippen LogP contribution in [0.25, 0.3) is 10.9 Å². The molecular weight excluding hydrogens is 346 g/mol. The van der Waals surface area contributed by atoms with Crippen molar-refractivity contribution in [3.8, 4) is 0 Å². The van der Waals surface area contributed by atoms with Crippen molar-refractivity contribution >= 4 is 28.6 Å². The van der Waals surface area contributed by atoms with Crippen LogP contribution in [0.1, 0.15) is 22.8 Å². The summed E-state index contributed by atoms with van der Waals surface area (Å²) in [5.41, 5.74) is 2.46. The highest BCUT2D eigenvalue weighted by Gasteiger charge is 2.11. The fraction of sp³-hybridized carbons (Fsp3) is 0.250. The number of carbonyl (C=O) groups excluding carboxylic acids is 1. The lowest BCUT2D eigenvalue weighted by Gasteiger charge is -2.12. The van der Waals surface area contributed by atoms with Gasteiger partial charge in [-0.25, -0.2) is 4.98 Å². The fourth-order valence-electron chi connectivity index (χ4n) is 2.69. The molecule has 0 aliphatic carbocycles. The number of amides is 1. The Morgan fingerprint density at radius 3 is 2.46 bits per heavy atom. The van der Waals surface area contributed by atoms with Crippen LogP contribution in [0, 0.1) is 0 Å². The van der Waals surface area contributed by atoms with E-state index in [0.717, 1.165) is 11.1 Å². The monoisotopic (exact) mass is 367 g/mol. The zero-order chi connectivity index (χ0) is 18.7. The first kappa shape index (κ1) is 18.2. The van der Waals surface area contributed by atoms with Crippen LogP contribution in [0.3, 0.4) is 0 Å². The lowest BCUT2D eigenvalue weighted by atomic mass is 10.1. The van der Waals surface area contributed by atoms with E-state index in [1.807, 2.05) is 55.5 Å². The number of benzene rings is 2. The molecule has 1 aromatic heterocycles. The third-order valence-electron chi connectivity index (χ3n) is 4.12. The largest absolute Gasteiger partial charge is 0.345 e. The van der Waals surface area contributed by atoms with E-state index in [1.165, 1.54) is 11.8 Å². The van der Waals surface area contributed by atoms with Crippen LogP contribution >= 0.6 is 11.8 Å². The Morgan fingerprint density at radius 2 is 1.81 bits per heavy atom. The standard InChI is InChI=1S/C20H21N3O2S/c1-4-23-19(25)16-7-5-6-8-17(16)21-20(23)26-13-14-9-11-15(12-10-14)18(24)22(2)3/h5-12H,4,13H2,1-3H3. The van der Waals surface area contributed by atoms with Gasteiger partial charge in [-0.1, -0.05) is 36.0 Å². The van der Waals surface area contributed by atoms with Gasteiger partial charge >= 0.3 is 0 Å². The van der Waals surface area contributed by atoms with Gasteiger partial charge in [0.15, 0.2) is 5.16 Å². The summed E-state index contributed by atoms with van der Waals surface area (Å²) in [7, 11) is 3.48. The molecule has 0 fully saturated rings. The molecule has 0 saturated heterocycles. The van der Waals surface area contributed by atoms with Gasteiger partial charge < -0.3 is 4.90 Å². The Kier molecular flexibility index (Phi) is 5.42. The number of para-hydroxylation sites is 1. The smallest absolute Gasteiger partial charge is 0.262 e. The molecule has 0 aliphatic heterocycles. The number of rotatable bonds is 5. The molecule has 0 N–H and O–H groups in total. The van der Waals surface area contributed by atoms with Gasteiger partial charge in [-0.05, 0) is 36.8 Å². The van der Waals surface area contributed by atoms with Crippen molar-refractivity contribution in [3.63, 3.8) is 0 Å². The van der Waals surface area contributed by atoms with Crippen molar-refractivity contribution in [2.75, 3.05) is 14.1 Å². The van der Waals surface area contributed by atoms with Crippen LogP contribution in [0.2, 0.25) is 0 Å². The SMILES string of the molecule is CCn1c(SCc2ccc(C(=O)N(C)C)cc2)nc2ccccc2c1=O. The summed E-state index contributed by atoms with van der Waals surface area (Å²) in [5, 5.41) is 1.36. The molecule has 0 atom stereocenters. The zero-order valence-electron chi connectivity index (χ0n) is 15.1. The lowest BCUT2D eigenvalue weighted by molar-refractivity contribution is 0.0827. The van der Waals surface area contributed by atoms with Crippen LogP contribution in [0.5, 0.6) is 0 Å². The molecule has 0 spiro atoms. The van der Waals surface area contributed by atoms with Crippen LogP contribution < -0.4 is 5.56 Å².